The molecule has 0 unspecified atom stereocenters. The molecule has 1 saturated heterocycles. The summed E-state index contributed by atoms with van der Waals surface area (Å²) in [6, 6.07) is 0. The molecule has 3 heteroatoms. The lowest BCUT2D eigenvalue weighted by molar-refractivity contribution is -0.159. The Labute approximate surface area is 57.1 Å². The smallest absolute Gasteiger partial charge is 0.183 e. The summed E-state index contributed by atoms with van der Waals surface area (Å²) in [6.07, 6.45) is -2.95. The van der Waals surface area contributed by atoms with E-state index < -0.39 is 24.4 Å². The van der Waals surface area contributed by atoms with E-state index in [2.05, 4.69) is 0 Å². The van der Waals surface area contributed by atoms with Gasteiger partial charge in [-0.15, -0.1) is 0 Å². The van der Waals surface area contributed by atoms with E-state index in [9.17, 15) is 5.11 Å². The van der Waals surface area contributed by atoms with Gasteiger partial charge in [0.1, 0.15) is 5.60 Å². The quantitative estimate of drug-likeness (QED) is 0.485. The molecule has 0 aromatic heterocycles. The van der Waals surface area contributed by atoms with Crippen LogP contribution in [0, 0.1) is 0 Å². The molecule has 1 rings (SSSR count). The molecule has 0 aromatic rings. The molecule has 0 aliphatic carbocycles. The Hall–Kier alpha value is -0.120. The van der Waals surface area contributed by atoms with Crippen LogP contribution >= 0.6 is 0 Å². The molecule has 1 aliphatic rings. The van der Waals surface area contributed by atoms with Crippen molar-refractivity contribution in [2.75, 3.05) is 0 Å². The predicted molar refractivity (Wildman–Crippen MR) is 31.8 cm³/mol. The van der Waals surface area contributed by atoms with E-state index in [0.717, 1.165) is 0 Å². The minimum atomic E-state index is -1.54. The number of aliphatic hydroxyl groups is 2. The van der Waals surface area contributed by atoms with Crippen LogP contribution in [0.2, 0.25) is 0 Å². The van der Waals surface area contributed by atoms with Gasteiger partial charge in [-0.25, -0.2) is 0 Å². The molecule has 1 aliphatic heterocycles. The lowest BCUT2D eigenvalue weighted by Gasteiger charge is -2.17. The molecule has 0 spiro atoms. The largest absolute Gasteiger partial charge is 0.385 e. The van der Waals surface area contributed by atoms with Crippen molar-refractivity contribution in [3.05, 3.63) is 0 Å². The Bertz CT molecular complexity index is 151. The summed E-state index contributed by atoms with van der Waals surface area (Å²) in [6.45, 7) is 1.23. The number of aliphatic hydroxyl groups excluding tert-OH is 1. The monoisotopic (exact) mass is 134 g/mol. The number of hydrogen-bond donors (Lipinski definition) is 2. The highest BCUT2D eigenvalue weighted by molar-refractivity contribution is 4.84. The van der Waals surface area contributed by atoms with E-state index in [1.54, 1.807) is 0 Å². The summed E-state index contributed by atoms with van der Waals surface area (Å²) in [4.78, 5) is 0. The second kappa shape index (κ2) is 1.94. The van der Waals surface area contributed by atoms with Gasteiger partial charge in [-0.1, -0.05) is 0 Å². The van der Waals surface area contributed by atoms with Gasteiger partial charge in [-0.05, 0) is 13.8 Å². The van der Waals surface area contributed by atoms with Gasteiger partial charge in [-0.3, -0.25) is 0 Å². The highest BCUT2D eigenvalue weighted by atomic mass is 16.6. The Morgan fingerprint density at radius 1 is 2.00 bits per heavy atom. The maximum absolute atomic E-state index is 9.39. The molecule has 0 bridgehead atoms. The predicted octanol–water partition coefficient (Wildman–Crippen LogP) is -0.135. The molecule has 1 fully saturated rings. The van der Waals surface area contributed by atoms with Crippen LogP contribution in [-0.2, 0) is 4.74 Å². The highest BCUT2D eigenvalue weighted by Gasteiger charge is 2.40. The van der Waals surface area contributed by atoms with E-state index >= 15 is 0 Å². The summed E-state index contributed by atoms with van der Waals surface area (Å²) in [5.41, 5.74) is -1.54. The molecule has 3 nitrogen and oxygen atoms in total. The molecule has 0 radical (unpaired) electrons. The summed E-state index contributed by atoms with van der Waals surface area (Å²) in [5.74, 6) is 0. The van der Waals surface area contributed by atoms with Gasteiger partial charge in [0.15, 0.2) is 6.29 Å². The van der Waals surface area contributed by atoms with Crippen LogP contribution in [0.5, 0.6) is 0 Å². The van der Waals surface area contributed by atoms with Gasteiger partial charge in [0, 0.05) is 9.14 Å². The normalized spacial score (nSPS) is 63.2. The standard InChI is InChI=1S/C6H12O3/c1-4-3-6(2,8)5(7)9-4/h4-5,7-8H,3H2,1-2H3/t4-,5+,6-/m1/s1/i1D,3D/t3-,4-,5+,6-. The van der Waals surface area contributed by atoms with Crippen molar-refractivity contribution in [1.29, 1.82) is 0 Å². The topological polar surface area (TPSA) is 49.7 Å². The molecule has 0 amide bonds. The summed E-state index contributed by atoms with van der Waals surface area (Å²) >= 11 is 0. The van der Waals surface area contributed by atoms with Crippen LogP contribution in [0.15, 0.2) is 0 Å². The molecule has 0 aromatic carbocycles. The lowest BCUT2D eigenvalue weighted by Crippen LogP contribution is -2.33. The molecule has 54 valence electrons. The minimum Gasteiger partial charge on any atom is -0.385 e. The molecule has 2 N–H and O–H groups in total. The maximum atomic E-state index is 9.39. The van der Waals surface area contributed by atoms with Crippen molar-refractivity contribution < 1.29 is 17.7 Å². The van der Waals surface area contributed by atoms with E-state index in [1.807, 2.05) is 0 Å². The van der Waals surface area contributed by atoms with Gasteiger partial charge < -0.3 is 14.9 Å². The van der Waals surface area contributed by atoms with E-state index in [4.69, 9.17) is 12.6 Å². The van der Waals surface area contributed by atoms with Crippen molar-refractivity contribution in [1.82, 2.24) is 0 Å². The fraction of sp³-hybridized carbons (Fsp3) is 1.00. The van der Waals surface area contributed by atoms with Crippen molar-refractivity contribution >= 4 is 0 Å². The number of rotatable bonds is 0. The maximum Gasteiger partial charge on any atom is 0.183 e. The Kier molecular flexibility index (Phi) is 1.00. The zero-order valence-electron chi connectivity index (χ0n) is 7.24. The average Bonchev–Trinajstić information content (AvgIpc) is 2.14. The Morgan fingerprint density at radius 3 is 2.89 bits per heavy atom. The minimum absolute atomic E-state index is 0.110. The first-order valence-corrected chi connectivity index (χ1v) is 2.77. The third-order valence-electron chi connectivity index (χ3n) is 1.33. The van der Waals surface area contributed by atoms with Gasteiger partial charge in [-0.2, -0.15) is 0 Å². The summed E-state index contributed by atoms with van der Waals surface area (Å²) in [5, 5.41) is 18.4. The van der Waals surface area contributed by atoms with Crippen molar-refractivity contribution in [2.45, 2.75) is 38.2 Å². The van der Waals surface area contributed by atoms with E-state index in [0.29, 0.717) is 0 Å². The van der Waals surface area contributed by atoms with Gasteiger partial charge >= 0.3 is 0 Å². The van der Waals surface area contributed by atoms with E-state index in [-0.39, 0.29) is 6.90 Å². The van der Waals surface area contributed by atoms with Crippen LogP contribution in [0.4, 0.5) is 0 Å². The van der Waals surface area contributed by atoms with Gasteiger partial charge in [0.25, 0.3) is 0 Å². The highest BCUT2D eigenvalue weighted by Crippen LogP contribution is 2.27. The molecular weight excluding hydrogens is 120 g/mol. The second-order valence-corrected chi connectivity index (χ2v) is 2.42. The van der Waals surface area contributed by atoms with Crippen molar-refractivity contribution in [3.63, 3.8) is 0 Å². The Balaban J connectivity index is 2.71. The lowest BCUT2D eigenvalue weighted by atomic mass is 10.0. The first-order valence-electron chi connectivity index (χ1n) is 4.06. The number of hydrogen-bond acceptors (Lipinski definition) is 3. The molecule has 1 heterocycles. The third-order valence-corrected chi connectivity index (χ3v) is 1.33. The SMILES string of the molecule is [2H]C[C@H]1O[C@H](O)[C@](C)(O)[C@@H]1[2H]. The van der Waals surface area contributed by atoms with Crippen LogP contribution in [0.25, 0.3) is 0 Å². The van der Waals surface area contributed by atoms with Crippen molar-refractivity contribution in [3.8, 4) is 0 Å². The number of ether oxygens (including phenoxy) is 1. The molecular formula is C6H12O3. The fourth-order valence-electron chi connectivity index (χ4n) is 0.801. The van der Waals surface area contributed by atoms with Crippen LogP contribution in [0.3, 0.4) is 0 Å². The summed E-state index contributed by atoms with van der Waals surface area (Å²) in [7, 11) is 0. The van der Waals surface area contributed by atoms with Crippen LogP contribution in [-0.4, -0.2) is 28.2 Å². The Morgan fingerprint density at radius 2 is 2.67 bits per heavy atom. The van der Waals surface area contributed by atoms with Crippen molar-refractivity contribution in [2.24, 2.45) is 0 Å². The summed E-state index contributed by atoms with van der Waals surface area (Å²) < 4.78 is 19.1. The molecule has 0 saturated carbocycles. The average molecular weight is 134 g/mol. The first-order chi connectivity index (χ1) is 5.00. The van der Waals surface area contributed by atoms with Gasteiger partial charge in [0.05, 0.1) is 6.10 Å². The fourth-order valence-corrected chi connectivity index (χ4v) is 0.801. The molecule has 4 atom stereocenters. The first kappa shape index (κ1) is 4.66. The van der Waals surface area contributed by atoms with Crippen LogP contribution in [0.1, 0.15) is 23.0 Å². The zero-order valence-corrected chi connectivity index (χ0v) is 5.24. The second-order valence-electron chi connectivity index (χ2n) is 2.42. The zero-order chi connectivity index (χ0) is 8.65. The van der Waals surface area contributed by atoms with Gasteiger partial charge in [0.2, 0.25) is 0 Å². The third kappa shape index (κ3) is 1.23. The van der Waals surface area contributed by atoms with E-state index in [1.165, 1.54) is 6.92 Å². The van der Waals surface area contributed by atoms with Crippen LogP contribution < -0.4 is 0 Å². The molecule has 9 heavy (non-hydrogen) atoms.